The fourth-order valence-corrected chi connectivity index (χ4v) is 7.44. The number of rotatable bonds is 3. The summed E-state index contributed by atoms with van der Waals surface area (Å²) in [6.07, 6.45) is 0. The molecule has 4 saturated carbocycles. The van der Waals surface area contributed by atoms with Crippen molar-refractivity contribution in [1.29, 1.82) is 0 Å². The predicted molar refractivity (Wildman–Crippen MR) is 84.1 cm³/mol. The van der Waals surface area contributed by atoms with E-state index in [4.69, 9.17) is 4.74 Å². The average Bonchev–Trinajstić information content (AvgIpc) is 3.41. The van der Waals surface area contributed by atoms with E-state index in [-0.39, 0.29) is 28.9 Å². The molecule has 2 bridgehead atoms. The van der Waals surface area contributed by atoms with Crippen molar-refractivity contribution in [3.05, 3.63) is 51.3 Å². The zero-order chi connectivity index (χ0) is 16.0. The van der Waals surface area contributed by atoms with Crippen molar-refractivity contribution in [2.24, 2.45) is 35.0 Å². The minimum absolute atomic E-state index is 0.163. The van der Waals surface area contributed by atoms with E-state index in [1.54, 1.807) is 7.11 Å². The fourth-order valence-electron chi connectivity index (χ4n) is 7.44. The van der Waals surface area contributed by atoms with Gasteiger partial charge in [0.15, 0.2) is 0 Å². The van der Waals surface area contributed by atoms with Gasteiger partial charge in [-0.1, -0.05) is 18.2 Å². The topological polar surface area (TPSA) is 58.2 Å². The van der Waals surface area contributed by atoms with Crippen molar-refractivity contribution in [2.45, 2.75) is 12.1 Å². The highest BCUT2D eigenvalue weighted by molar-refractivity contribution is 5.44. The highest BCUT2D eigenvalue weighted by Crippen LogP contribution is 2.97. The molecule has 0 amide bonds. The van der Waals surface area contributed by atoms with Gasteiger partial charge in [0.05, 0.1) is 24.4 Å². The first-order chi connectivity index (χ1) is 11.7. The van der Waals surface area contributed by atoms with Crippen molar-refractivity contribution >= 4 is 0 Å². The number of methoxy groups -OCH3 is 1. The number of hydrogen-bond acceptors (Lipinski definition) is 3. The smallest absolute Gasteiger partial charge is 0.352 e. The van der Waals surface area contributed by atoms with E-state index in [0.717, 1.165) is 6.61 Å². The Bertz CT molecular complexity index is 977. The van der Waals surface area contributed by atoms with E-state index >= 15 is 0 Å². The van der Waals surface area contributed by atoms with E-state index in [2.05, 4.69) is 0 Å². The summed E-state index contributed by atoms with van der Waals surface area (Å²) in [5.41, 5.74) is 0.609. The third-order valence-corrected chi connectivity index (χ3v) is 7.78. The molecule has 4 aliphatic carbocycles. The van der Waals surface area contributed by atoms with Crippen LogP contribution in [0.4, 0.5) is 0 Å². The summed E-state index contributed by atoms with van der Waals surface area (Å²) in [4.78, 5) is 26.2. The highest BCUT2D eigenvalue weighted by atomic mass is 16.5. The monoisotopic (exact) mass is 323 g/mol. The molecule has 6 nitrogen and oxygen atoms in total. The molecule has 2 aliphatic heterocycles. The normalized spacial score (nSPS) is 47.0. The van der Waals surface area contributed by atoms with Gasteiger partial charge in [0.2, 0.25) is 0 Å². The second-order valence-electron chi connectivity index (χ2n) is 8.18. The summed E-state index contributed by atoms with van der Waals surface area (Å²) in [7, 11) is 1.77. The summed E-state index contributed by atoms with van der Waals surface area (Å²) < 4.78 is 10.5. The molecule has 0 saturated heterocycles. The Kier molecular flexibility index (Phi) is 1.71. The summed E-state index contributed by atoms with van der Waals surface area (Å²) in [5.74, 6) is 2.98. The fraction of sp³-hybridized carbons (Fsp3) is 0.556. The maximum atomic E-state index is 13.1. The SMILES string of the molecule is COCC12C3[C@@H]4[C@@H]3[C@@H]3[C@H]1[C@H]2[C@@H]4n1c(=O)n(-c2ccccc2)c(=O)n13. The number of hydrogen-bond donors (Lipinski definition) is 0. The Labute approximate surface area is 137 Å². The standard InChI is InChI=1S/C18H17N3O3/c1-24-7-18-11-9-10(11)15-13(18)12(18)14(9)20-16(22)19(17(23)21(15)20)8-5-3-2-4-6-8/h2-6,9-15H,7H2,1H3/t9-,10-,11?,12-,13+,14+,15+,18?/m0/s1. The maximum absolute atomic E-state index is 13.1. The summed E-state index contributed by atoms with van der Waals surface area (Å²) in [6, 6.07) is 9.72. The summed E-state index contributed by atoms with van der Waals surface area (Å²) >= 11 is 0. The van der Waals surface area contributed by atoms with Gasteiger partial charge in [-0.3, -0.25) is 0 Å². The number of ether oxygens (including phenoxy) is 1. The molecule has 8 rings (SSSR count). The van der Waals surface area contributed by atoms with Crippen LogP contribution < -0.4 is 11.4 Å². The quantitative estimate of drug-likeness (QED) is 0.834. The van der Waals surface area contributed by atoms with E-state index in [1.165, 1.54) is 4.57 Å². The highest BCUT2D eigenvalue weighted by Gasteiger charge is 2.97. The van der Waals surface area contributed by atoms with Crippen molar-refractivity contribution in [1.82, 2.24) is 13.9 Å². The lowest BCUT2D eigenvalue weighted by Gasteiger charge is -2.36. The van der Waals surface area contributed by atoms with Crippen LogP contribution in [0.5, 0.6) is 0 Å². The number of nitrogens with zero attached hydrogens (tertiary/aromatic N) is 3. The lowest BCUT2D eigenvalue weighted by molar-refractivity contribution is 0.112. The maximum Gasteiger partial charge on any atom is 0.352 e. The van der Waals surface area contributed by atoms with Crippen LogP contribution >= 0.6 is 0 Å². The molecule has 6 aliphatic rings. The predicted octanol–water partition coefficient (Wildman–Crippen LogP) is 0.665. The number of aromatic nitrogens is 3. The minimum Gasteiger partial charge on any atom is -0.384 e. The first-order valence-electron chi connectivity index (χ1n) is 8.74. The second-order valence-corrected chi connectivity index (χ2v) is 8.18. The third-order valence-electron chi connectivity index (χ3n) is 7.78. The van der Waals surface area contributed by atoms with E-state index < -0.39 is 0 Å². The summed E-state index contributed by atoms with van der Waals surface area (Å²) in [5, 5.41) is 0. The molecule has 0 spiro atoms. The van der Waals surface area contributed by atoms with Gasteiger partial charge in [0.25, 0.3) is 0 Å². The largest absolute Gasteiger partial charge is 0.384 e. The van der Waals surface area contributed by atoms with Gasteiger partial charge < -0.3 is 4.74 Å². The minimum atomic E-state index is -0.163. The van der Waals surface area contributed by atoms with Gasteiger partial charge >= 0.3 is 11.4 Å². The molecule has 2 unspecified atom stereocenters. The van der Waals surface area contributed by atoms with Gasteiger partial charge in [-0.25, -0.2) is 23.5 Å². The van der Waals surface area contributed by atoms with Crippen molar-refractivity contribution in [3.63, 3.8) is 0 Å². The molecular formula is C18H17N3O3. The van der Waals surface area contributed by atoms with Crippen LogP contribution in [0, 0.1) is 35.0 Å². The van der Waals surface area contributed by atoms with Gasteiger partial charge in [-0.15, -0.1) is 0 Å². The van der Waals surface area contributed by atoms with Gasteiger partial charge in [0, 0.05) is 12.5 Å². The van der Waals surface area contributed by atoms with E-state index in [1.807, 2.05) is 39.7 Å². The van der Waals surface area contributed by atoms with E-state index in [9.17, 15) is 9.59 Å². The van der Waals surface area contributed by atoms with E-state index in [0.29, 0.717) is 35.3 Å². The molecule has 0 radical (unpaired) electrons. The lowest BCUT2D eigenvalue weighted by Crippen LogP contribution is -2.45. The first-order valence-corrected chi connectivity index (χ1v) is 8.74. The molecule has 4 fully saturated rings. The molecular weight excluding hydrogens is 306 g/mol. The molecule has 8 atom stereocenters. The molecule has 1 aromatic carbocycles. The first kappa shape index (κ1) is 12.3. The van der Waals surface area contributed by atoms with Crippen LogP contribution in [0.15, 0.2) is 39.9 Å². The van der Waals surface area contributed by atoms with Crippen molar-refractivity contribution in [3.8, 4) is 5.69 Å². The molecule has 24 heavy (non-hydrogen) atoms. The molecule has 2 aromatic rings. The van der Waals surface area contributed by atoms with Gasteiger partial charge in [-0.2, -0.15) is 0 Å². The van der Waals surface area contributed by atoms with Crippen LogP contribution in [-0.2, 0) is 4.74 Å². The van der Waals surface area contributed by atoms with Crippen molar-refractivity contribution < 1.29 is 4.74 Å². The molecule has 6 heteroatoms. The molecule has 1 aromatic heterocycles. The van der Waals surface area contributed by atoms with Gasteiger partial charge in [-0.05, 0) is 41.7 Å². The Morgan fingerprint density at radius 1 is 0.958 bits per heavy atom. The average molecular weight is 323 g/mol. The van der Waals surface area contributed by atoms with Crippen LogP contribution in [-0.4, -0.2) is 27.6 Å². The number of para-hydroxylation sites is 1. The lowest BCUT2D eigenvalue weighted by atomic mass is 9.89. The van der Waals surface area contributed by atoms with Crippen LogP contribution in [0.3, 0.4) is 0 Å². The third kappa shape index (κ3) is 0.922. The zero-order valence-electron chi connectivity index (χ0n) is 13.2. The zero-order valence-corrected chi connectivity index (χ0v) is 13.2. The van der Waals surface area contributed by atoms with Crippen LogP contribution in [0.25, 0.3) is 5.69 Å². The Morgan fingerprint density at radius 3 is 2.08 bits per heavy atom. The summed E-state index contributed by atoms with van der Waals surface area (Å²) in [6.45, 7) is 0.791. The Balaban J connectivity index is 1.49. The second kappa shape index (κ2) is 3.33. The number of benzene rings is 1. The Morgan fingerprint density at radius 2 is 1.54 bits per heavy atom. The molecule has 122 valence electrons. The molecule has 3 heterocycles. The Hall–Kier alpha value is -2.08. The van der Waals surface area contributed by atoms with Crippen LogP contribution in [0.1, 0.15) is 12.1 Å². The van der Waals surface area contributed by atoms with Crippen molar-refractivity contribution in [2.75, 3.05) is 13.7 Å². The molecule has 0 N–H and O–H groups in total. The van der Waals surface area contributed by atoms with Gasteiger partial charge in [0.1, 0.15) is 0 Å². The van der Waals surface area contributed by atoms with Crippen LogP contribution in [0.2, 0.25) is 0 Å².